The number of carbonyl (C=O) groups excluding carboxylic acids is 1. The Morgan fingerprint density at radius 3 is 2.88 bits per heavy atom. The van der Waals surface area contributed by atoms with Gasteiger partial charge in [0, 0.05) is 16.9 Å². The fraction of sp³-hybridized carbons (Fsp3) is 0.474. The number of benzene rings is 1. The Kier molecular flexibility index (Phi) is 5.88. The fourth-order valence-corrected chi connectivity index (χ4v) is 4.12. The van der Waals surface area contributed by atoms with Crippen LogP contribution in [-0.4, -0.2) is 29.2 Å². The van der Waals surface area contributed by atoms with Crippen LogP contribution in [0.1, 0.15) is 41.4 Å². The van der Waals surface area contributed by atoms with Crippen molar-refractivity contribution in [3.8, 4) is 5.75 Å². The smallest absolute Gasteiger partial charge is 0.220 e. The van der Waals surface area contributed by atoms with Gasteiger partial charge in [0.05, 0.1) is 30.5 Å². The van der Waals surface area contributed by atoms with Gasteiger partial charge in [0.25, 0.3) is 0 Å². The molecule has 3 rings (SSSR count). The lowest BCUT2D eigenvalue weighted by Gasteiger charge is -2.38. The number of ether oxygens (including phenoxy) is 1. The molecule has 1 fully saturated rings. The predicted octanol–water partition coefficient (Wildman–Crippen LogP) is 3.16. The van der Waals surface area contributed by atoms with Gasteiger partial charge >= 0.3 is 0 Å². The zero-order chi connectivity index (χ0) is 18.7. The summed E-state index contributed by atoms with van der Waals surface area (Å²) in [4.78, 5) is 17.8. The van der Waals surface area contributed by atoms with Crippen molar-refractivity contribution in [1.29, 1.82) is 0 Å². The van der Waals surface area contributed by atoms with Crippen LogP contribution in [-0.2, 0) is 11.2 Å². The minimum absolute atomic E-state index is 0.0646. The maximum atomic E-state index is 13.8. The SMILES string of the molecule is COc1ccc(F)cc1C(NC(=O)CCc1scnc1C)C1CC(O)C1. The molecule has 7 heteroatoms. The van der Waals surface area contributed by atoms with Gasteiger partial charge in [-0.3, -0.25) is 4.79 Å². The molecule has 1 amide bonds. The Bertz CT molecular complexity index is 774. The van der Waals surface area contributed by atoms with Crippen molar-refractivity contribution in [2.24, 2.45) is 5.92 Å². The van der Waals surface area contributed by atoms with Gasteiger partial charge in [-0.2, -0.15) is 0 Å². The molecule has 0 radical (unpaired) electrons. The summed E-state index contributed by atoms with van der Waals surface area (Å²) in [5.41, 5.74) is 3.35. The molecule has 1 atom stereocenters. The second-order valence-corrected chi connectivity index (χ2v) is 7.62. The third-order valence-corrected chi connectivity index (χ3v) is 5.88. The lowest BCUT2D eigenvalue weighted by Crippen LogP contribution is -2.41. The molecule has 5 nitrogen and oxygen atoms in total. The molecule has 0 aliphatic heterocycles. The van der Waals surface area contributed by atoms with Gasteiger partial charge in [-0.05, 0) is 50.3 Å². The van der Waals surface area contributed by atoms with E-state index in [4.69, 9.17) is 4.74 Å². The number of hydrogen-bond donors (Lipinski definition) is 2. The Hall–Kier alpha value is -1.99. The second-order valence-electron chi connectivity index (χ2n) is 6.68. The third kappa shape index (κ3) is 4.22. The van der Waals surface area contributed by atoms with Gasteiger partial charge in [0.2, 0.25) is 5.91 Å². The van der Waals surface area contributed by atoms with Crippen LogP contribution in [0.5, 0.6) is 5.75 Å². The lowest BCUT2D eigenvalue weighted by atomic mass is 9.74. The average molecular weight is 378 g/mol. The number of thiazole rings is 1. The molecule has 1 aromatic carbocycles. The van der Waals surface area contributed by atoms with Crippen molar-refractivity contribution >= 4 is 17.2 Å². The molecule has 2 aromatic rings. The Morgan fingerprint density at radius 2 is 2.27 bits per heavy atom. The minimum atomic E-state index is -0.376. The van der Waals surface area contributed by atoms with Crippen LogP contribution in [0.25, 0.3) is 0 Å². The van der Waals surface area contributed by atoms with E-state index in [0.29, 0.717) is 37.0 Å². The van der Waals surface area contributed by atoms with Crippen LogP contribution in [0.15, 0.2) is 23.7 Å². The number of rotatable bonds is 7. The number of nitrogens with one attached hydrogen (secondary N) is 1. The highest BCUT2D eigenvalue weighted by atomic mass is 32.1. The average Bonchev–Trinajstić information content (AvgIpc) is 3.00. The van der Waals surface area contributed by atoms with E-state index >= 15 is 0 Å². The number of hydrogen-bond acceptors (Lipinski definition) is 5. The van der Waals surface area contributed by atoms with E-state index in [9.17, 15) is 14.3 Å². The van der Waals surface area contributed by atoms with Crippen molar-refractivity contribution in [2.45, 2.75) is 44.8 Å². The quantitative estimate of drug-likeness (QED) is 0.776. The van der Waals surface area contributed by atoms with E-state index < -0.39 is 0 Å². The zero-order valence-electron chi connectivity index (χ0n) is 14.9. The third-order valence-electron chi connectivity index (χ3n) is 4.89. The first-order valence-corrected chi connectivity index (χ1v) is 9.55. The summed E-state index contributed by atoms with van der Waals surface area (Å²) in [5.74, 6) is 0.127. The molecular weight excluding hydrogens is 355 g/mol. The number of aliphatic hydroxyl groups excluding tert-OH is 1. The molecule has 0 saturated heterocycles. The van der Waals surface area contributed by atoms with Crippen molar-refractivity contribution in [3.05, 3.63) is 45.7 Å². The largest absolute Gasteiger partial charge is 0.496 e. The minimum Gasteiger partial charge on any atom is -0.496 e. The topological polar surface area (TPSA) is 71.5 Å². The van der Waals surface area contributed by atoms with Gasteiger partial charge in [-0.25, -0.2) is 9.37 Å². The molecule has 1 aromatic heterocycles. The summed E-state index contributed by atoms with van der Waals surface area (Å²) in [7, 11) is 1.53. The fourth-order valence-electron chi connectivity index (χ4n) is 3.34. The van der Waals surface area contributed by atoms with Crippen LogP contribution in [0.3, 0.4) is 0 Å². The normalized spacial score (nSPS) is 20.3. The number of methoxy groups -OCH3 is 1. The van der Waals surface area contributed by atoms with E-state index in [-0.39, 0.29) is 29.8 Å². The van der Waals surface area contributed by atoms with Gasteiger partial charge in [0.15, 0.2) is 0 Å². The number of nitrogens with zero attached hydrogens (tertiary/aromatic N) is 1. The number of halogens is 1. The van der Waals surface area contributed by atoms with Crippen molar-refractivity contribution in [1.82, 2.24) is 10.3 Å². The summed E-state index contributed by atoms with van der Waals surface area (Å²) in [5, 5.41) is 12.7. The molecule has 1 aliphatic rings. The molecule has 1 saturated carbocycles. The number of aromatic nitrogens is 1. The molecule has 1 unspecified atom stereocenters. The highest BCUT2D eigenvalue weighted by molar-refractivity contribution is 7.09. The number of carbonyl (C=O) groups is 1. The Labute approximate surface area is 156 Å². The molecule has 2 N–H and O–H groups in total. The van der Waals surface area contributed by atoms with Gasteiger partial charge in [-0.15, -0.1) is 11.3 Å². The summed E-state index contributed by atoms with van der Waals surface area (Å²) < 4.78 is 19.2. The highest BCUT2D eigenvalue weighted by Gasteiger charge is 2.37. The van der Waals surface area contributed by atoms with Crippen LogP contribution in [0.4, 0.5) is 4.39 Å². The second kappa shape index (κ2) is 8.14. The first kappa shape index (κ1) is 18.8. The van der Waals surface area contributed by atoms with E-state index in [1.165, 1.54) is 19.2 Å². The first-order chi connectivity index (χ1) is 12.5. The van der Waals surface area contributed by atoms with Crippen molar-refractivity contribution < 1.29 is 19.0 Å². The standard InChI is InChI=1S/C19H23FN2O3S/c1-11-17(26-10-21-11)5-6-18(24)22-19(12-7-14(23)8-12)15-9-13(20)3-4-16(15)25-2/h3-4,9-10,12,14,19,23H,5-8H2,1-2H3,(H,22,24). The monoisotopic (exact) mass is 378 g/mol. The van der Waals surface area contributed by atoms with Crippen LogP contribution < -0.4 is 10.1 Å². The van der Waals surface area contributed by atoms with Crippen LogP contribution in [0, 0.1) is 18.7 Å². The van der Waals surface area contributed by atoms with E-state index in [1.54, 1.807) is 22.9 Å². The summed E-state index contributed by atoms with van der Waals surface area (Å²) in [6, 6.07) is 3.93. The van der Waals surface area contributed by atoms with Crippen molar-refractivity contribution in [2.75, 3.05) is 7.11 Å². The molecule has 26 heavy (non-hydrogen) atoms. The van der Waals surface area contributed by atoms with Crippen molar-refractivity contribution in [3.63, 3.8) is 0 Å². The predicted molar refractivity (Wildman–Crippen MR) is 97.7 cm³/mol. The van der Waals surface area contributed by atoms with Gasteiger partial charge < -0.3 is 15.2 Å². The summed E-state index contributed by atoms with van der Waals surface area (Å²) in [6.45, 7) is 1.93. The van der Waals surface area contributed by atoms with Crippen LogP contribution in [0.2, 0.25) is 0 Å². The van der Waals surface area contributed by atoms with E-state index in [0.717, 1.165) is 10.6 Å². The zero-order valence-corrected chi connectivity index (χ0v) is 15.7. The van der Waals surface area contributed by atoms with E-state index in [1.807, 2.05) is 6.92 Å². The molecule has 0 bridgehead atoms. The number of aliphatic hydroxyl groups is 1. The maximum absolute atomic E-state index is 13.8. The van der Waals surface area contributed by atoms with Gasteiger partial charge in [-0.1, -0.05) is 0 Å². The van der Waals surface area contributed by atoms with Crippen LogP contribution >= 0.6 is 11.3 Å². The molecule has 1 aliphatic carbocycles. The maximum Gasteiger partial charge on any atom is 0.220 e. The molecule has 1 heterocycles. The Morgan fingerprint density at radius 1 is 1.50 bits per heavy atom. The first-order valence-electron chi connectivity index (χ1n) is 8.67. The molecule has 0 spiro atoms. The lowest BCUT2D eigenvalue weighted by molar-refractivity contribution is -0.123. The summed E-state index contributed by atoms with van der Waals surface area (Å²) in [6.07, 6.45) is 1.77. The summed E-state index contributed by atoms with van der Waals surface area (Å²) >= 11 is 1.54. The van der Waals surface area contributed by atoms with E-state index in [2.05, 4.69) is 10.3 Å². The Balaban J connectivity index is 1.73. The molecular formula is C19H23FN2O3S. The molecule has 140 valence electrons. The van der Waals surface area contributed by atoms with Gasteiger partial charge in [0.1, 0.15) is 11.6 Å². The number of aryl methyl sites for hydroxylation is 2. The number of amides is 1. The highest BCUT2D eigenvalue weighted by Crippen LogP contribution is 2.41.